The van der Waals surface area contributed by atoms with Gasteiger partial charge in [0.05, 0.1) is 17.7 Å². The van der Waals surface area contributed by atoms with Crippen LogP contribution in [-0.4, -0.2) is 49.5 Å². The molecule has 7 heteroatoms. The van der Waals surface area contributed by atoms with Crippen LogP contribution in [0.2, 0.25) is 0 Å². The predicted molar refractivity (Wildman–Crippen MR) is 108 cm³/mol. The Morgan fingerprint density at radius 1 is 1.03 bits per heavy atom. The molecule has 0 saturated carbocycles. The fraction of sp³-hybridized carbons (Fsp3) is 0.391. The molecule has 160 valence electrons. The van der Waals surface area contributed by atoms with Crippen LogP contribution in [0.25, 0.3) is 0 Å². The van der Waals surface area contributed by atoms with Gasteiger partial charge in [-0.15, -0.1) is 0 Å². The molecule has 2 aromatic rings. The molecular formula is C23H25F2NO4. The number of benzene rings is 2. The first-order valence-electron chi connectivity index (χ1n) is 10.1. The van der Waals surface area contributed by atoms with E-state index in [2.05, 4.69) is 0 Å². The van der Waals surface area contributed by atoms with E-state index in [-0.39, 0.29) is 11.5 Å². The summed E-state index contributed by atoms with van der Waals surface area (Å²) in [7, 11) is 0. The molecule has 2 aromatic carbocycles. The van der Waals surface area contributed by atoms with Gasteiger partial charge < -0.3 is 14.4 Å². The molecule has 0 unspecified atom stereocenters. The molecule has 1 saturated heterocycles. The van der Waals surface area contributed by atoms with Gasteiger partial charge in [-0.1, -0.05) is 12.1 Å². The number of ether oxygens (including phenoxy) is 2. The smallest absolute Gasteiger partial charge is 0.257 e. The molecule has 1 aliphatic rings. The van der Waals surface area contributed by atoms with Gasteiger partial charge in [-0.2, -0.15) is 0 Å². The third-order valence-corrected chi connectivity index (χ3v) is 5.15. The third-order valence-electron chi connectivity index (χ3n) is 5.15. The number of likely N-dealkylation sites (tertiary alicyclic amines) is 1. The van der Waals surface area contributed by atoms with Crippen LogP contribution >= 0.6 is 0 Å². The van der Waals surface area contributed by atoms with Crippen LogP contribution in [-0.2, 0) is 4.74 Å². The Morgan fingerprint density at radius 2 is 1.77 bits per heavy atom. The van der Waals surface area contributed by atoms with E-state index in [0.717, 1.165) is 18.2 Å². The van der Waals surface area contributed by atoms with Crippen molar-refractivity contribution in [2.24, 2.45) is 5.92 Å². The largest absolute Gasteiger partial charge is 0.490 e. The number of rotatable bonds is 8. The normalized spacial score (nSPS) is 14.6. The van der Waals surface area contributed by atoms with Crippen LogP contribution in [0.5, 0.6) is 5.75 Å². The monoisotopic (exact) mass is 417 g/mol. The van der Waals surface area contributed by atoms with E-state index in [1.54, 1.807) is 29.2 Å². The zero-order chi connectivity index (χ0) is 21.5. The first-order chi connectivity index (χ1) is 14.5. The summed E-state index contributed by atoms with van der Waals surface area (Å²) in [4.78, 5) is 27.2. The molecule has 0 aromatic heterocycles. The molecule has 30 heavy (non-hydrogen) atoms. The van der Waals surface area contributed by atoms with Gasteiger partial charge in [0.2, 0.25) is 0 Å². The van der Waals surface area contributed by atoms with Crippen molar-refractivity contribution in [3.05, 3.63) is 65.2 Å². The maximum atomic E-state index is 13.9. The number of ketones is 1. The summed E-state index contributed by atoms with van der Waals surface area (Å²) in [5.74, 6) is -1.92. The highest BCUT2D eigenvalue weighted by Gasteiger charge is 2.30. The van der Waals surface area contributed by atoms with E-state index < -0.39 is 23.3 Å². The number of Topliss-reactive ketones (excluding diaryl/α,β-unsaturated/α-hetero) is 1. The molecule has 1 heterocycles. The number of nitrogens with zero attached hydrogens (tertiary/aromatic N) is 1. The van der Waals surface area contributed by atoms with Crippen molar-refractivity contribution >= 4 is 11.7 Å². The van der Waals surface area contributed by atoms with E-state index in [9.17, 15) is 18.4 Å². The number of carbonyl (C=O) groups excluding carboxylic acids is 2. The van der Waals surface area contributed by atoms with E-state index in [1.165, 1.54) is 0 Å². The van der Waals surface area contributed by atoms with Crippen LogP contribution in [0.1, 0.15) is 40.5 Å². The standard InChI is InChI=1S/C23H25F2NO4/c1-2-29-13-14-30-21-6-4-3-5-18(21)23(28)26-11-9-16(10-12-26)22(27)19-15-17(24)7-8-20(19)25/h3-8,15-16H,2,9-14H2,1H3. The molecule has 0 spiro atoms. The fourth-order valence-corrected chi connectivity index (χ4v) is 3.55. The summed E-state index contributed by atoms with van der Waals surface area (Å²) >= 11 is 0. The van der Waals surface area contributed by atoms with Crippen molar-refractivity contribution in [2.75, 3.05) is 32.9 Å². The van der Waals surface area contributed by atoms with E-state index in [4.69, 9.17) is 9.47 Å². The number of halogens is 2. The van der Waals surface area contributed by atoms with Gasteiger partial charge in [-0.05, 0) is 50.1 Å². The molecule has 1 aliphatic heterocycles. The zero-order valence-electron chi connectivity index (χ0n) is 16.9. The van der Waals surface area contributed by atoms with Crippen molar-refractivity contribution in [1.29, 1.82) is 0 Å². The Kier molecular flexibility index (Phi) is 7.52. The second-order valence-corrected chi connectivity index (χ2v) is 7.10. The van der Waals surface area contributed by atoms with Crippen molar-refractivity contribution in [3.8, 4) is 5.75 Å². The summed E-state index contributed by atoms with van der Waals surface area (Å²) < 4.78 is 38.3. The summed E-state index contributed by atoms with van der Waals surface area (Å²) in [5.41, 5.74) is 0.225. The minimum absolute atomic E-state index is 0.176. The lowest BCUT2D eigenvalue weighted by Gasteiger charge is -2.31. The number of hydrogen-bond acceptors (Lipinski definition) is 4. The number of hydrogen-bond donors (Lipinski definition) is 0. The number of para-hydroxylation sites is 1. The SMILES string of the molecule is CCOCCOc1ccccc1C(=O)N1CCC(C(=O)c2cc(F)ccc2F)CC1. The van der Waals surface area contributed by atoms with Gasteiger partial charge in [0.15, 0.2) is 5.78 Å². The van der Waals surface area contributed by atoms with Gasteiger partial charge in [0.25, 0.3) is 5.91 Å². The number of piperidine rings is 1. The Labute approximate surface area is 174 Å². The number of amides is 1. The average Bonchev–Trinajstić information content (AvgIpc) is 2.78. The predicted octanol–water partition coefficient (Wildman–Crippen LogP) is 4.12. The second-order valence-electron chi connectivity index (χ2n) is 7.10. The van der Waals surface area contributed by atoms with Gasteiger partial charge in [-0.3, -0.25) is 9.59 Å². The highest BCUT2D eigenvalue weighted by atomic mass is 19.1. The van der Waals surface area contributed by atoms with Crippen LogP contribution in [0.3, 0.4) is 0 Å². The van der Waals surface area contributed by atoms with Crippen LogP contribution < -0.4 is 4.74 Å². The van der Waals surface area contributed by atoms with Gasteiger partial charge in [-0.25, -0.2) is 8.78 Å². The van der Waals surface area contributed by atoms with Gasteiger partial charge in [0, 0.05) is 25.6 Å². The summed E-state index contributed by atoms with van der Waals surface area (Å²) in [6.07, 6.45) is 0.793. The van der Waals surface area contributed by atoms with Crippen LogP contribution in [0.4, 0.5) is 8.78 Å². The molecule has 0 atom stereocenters. The van der Waals surface area contributed by atoms with Crippen molar-refractivity contribution in [2.45, 2.75) is 19.8 Å². The lowest BCUT2D eigenvalue weighted by Crippen LogP contribution is -2.40. The van der Waals surface area contributed by atoms with Gasteiger partial charge in [0.1, 0.15) is 24.0 Å². The Hall–Kier alpha value is -2.80. The maximum absolute atomic E-state index is 13.9. The van der Waals surface area contributed by atoms with Crippen molar-refractivity contribution in [1.82, 2.24) is 4.90 Å². The Bertz CT molecular complexity index is 895. The molecule has 1 amide bonds. The zero-order valence-corrected chi connectivity index (χ0v) is 16.9. The Morgan fingerprint density at radius 3 is 2.50 bits per heavy atom. The quantitative estimate of drug-likeness (QED) is 0.479. The highest BCUT2D eigenvalue weighted by molar-refractivity contribution is 5.99. The minimum Gasteiger partial charge on any atom is -0.490 e. The second kappa shape index (κ2) is 10.3. The third kappa shape index (κ3) is 5.21. The van der Waals surface area contributed by atoms with E-state index >= 15 is 0 Å². The van der Waals surface area contributed by atoms with Crippen LogP contribution in [0, 0.1) is 17.6 Å². The molecular weight excluding hydrogens is 392 g/mol. The lowest BCUT2D eigenvalue weighted by atomic mass is 9.88. The first-order valence-corrected chi connectivity index (χ1v) is 10.1. The minimum atomic E-state index is -0.724. The number of carbonyl (C=O) groups is 2. The molecule has 5 nitrogen and oxygen atoms in total. The van der Waals surface area contributed by atoms with Gasteiger partial charge >= 0.3 is 0 Å². The average molecular weight is 417 g/mol. The molecule has 0 bridgehead atoms. The summed E-state index contributed by atoms with van der Waals surface area (Å²) in [5, 5.41) is 0. The lowest BCUT2D eigenvalue weighted by molar-refractivity contribution is 0.0642. The summed E-state index contributed by atoms with van der Waals surface area (Å²) in [6, 6.07) is 9.90. The molecule has 0 radical (unpaired) electrons. The molecule has 3 rings (SSSR count). The molecule has 0 N–H and O–H groups in total. The van der Waals surface area contributed by atoms with Crippen LogP contribution in [0.15, 0.2) is 42.5 Å². The van der Waals surface area contributed by atoms with E-state index in [1.807, 2.05) is 6.92 Å². The summed E-state index contributed by atoms with van der Waals surface area (Å²) in [6.45, 7) is 3.99. The molecule has 0 aliphatic carbocycles. The highest BCUT2D eigenvalue weighted by Crippen LogP contribution is 2.26. The fourth-order valence-electron chi connectivity index (χ4n) is 3.55. The topological polar surface area (TPSA) is 55.8 Å². The Balaban J connectivity index is 1.62. The van der Waals surface area contributed by atoms with Crippen molar-refractivity contribution in [3.63, 3.8) is 0 Å². The first kappa shape index (κ1) is 21.9. The van der Waals surface area contributed by atoms with Crippen molar-refractivity contribution < 1.29 is 27.8 Å². The van der Waals surface area contributed by atoms with E-state index in [0.29, 0.717) is 57.1 Å². The molecule has 1 fully saturated rings. The maximum Gasteiger partial charge on any atom is 0.257 e.